The Hall–Kier alpha value is -1.68. The smallest absolute Gasteiger partial charge is 0.243 e. The molecule has 0 saturated heterocycles. The summed E-state index contributed by atoms with van der Waals surface area (Å²) in [5.41, 5.74) is 6.95. The molecule has 2 aromatic rings. The SMILES string of the molecule is CCN(CC)S(=O)(=O)c1ccc2c(c1)nc(CCC(=O)N[C@@H](C)CN)n2C.Cl. The number of rotatable bonds is 9. The van der Waals surface area contributed by atoms with Crippen molar-refractivity contribution in [1.29, 1.82) is 0 Å². The predicted octanol–water partition coefficient (Wildman–Crippen LogP) is 1.42. The number of fused-ring (bicyclic) bond motifs is 1. The van der Waals surface area contributed by atoms with E-state index in [0.717, 1.165) is 11.3 Å². The summed E-state index contributed by atoms with van der Waals surface area (Å²) in [7, 11) is -1.67. The second-order valence-electron chi connectivity index (χ2n) is 6.53. The van der Waals surface area contributed by atoms with Crippen LogP contribution in [0.5, 0.6) is 0 Å². The number of sulfonamides is 1. The molecule has 0 aliphatic carbocycles. The van der Waals surface area contributed by atoms with Crippen molar-refractivity contribution in [1.82, 2.24) is 19.2 Å². The fraction of sp³-hybridized carbons (Fsp3) is 0.556. The van der Waals surface area contributed by atoms with Gasteiger partial charge in [0.1, 0.15) is 5.82 Å². The Kier molecular flexibility index (Phi) is 8.87. The van der Waals surface area contributed by atoms with Gasteiger partial charge in [0.15, 0.2) is 0 Å². The Morgan fingerprint density at radius 1 is 1.32 bits per heavy atom. The van der Waals surface area contributed by atoms with Crippen molar-refractivity contribution in [2.24, 2.45) is 12.8 Å². The molecule has 1 aromatic carbocycles. The zero-order valence-corrected chi connectivity index (χ0v) is 18.4. The molecule has 1 heterocycles. The molecule has 1 atom stereocenters. The monoisotopic (exact) mass is 431 g/mol. The van der Waals surface area contributed by atoms with E-state index in [1.54, 1.807) is 18.2 Å². The van der Waals surface area contributed by atoms with Gasteiger partial charge in [-0.2, -0.15) is 4.31 Å². The molecule has 0 fully saturated rings. The highest BCUT2D eigenvalue weighted by molar-refractivity contribution is 7.89. The average molecular weight is 432 g/mol. The number of hydrogen-bond acceptors (Lipinski definition) is 5. The summed E-state index contributed by atoms with van der Waals surface area (Å²) in [6, 6.07) is 4.91. The van der Waals surface area contributed by atoms with Crippen molar-refractivity contribution in [3.63, 3.8) is 0 Å². The van der Waals surface area contributed by atoms with E-state index in [0.29, 0.717) is 38.0 Å². The molecule has 10 heteroatoms. The summed E-state index contributed by atoms with van der Waals surface area (Å²) in [5, 5.41) is 2.82. The van der Waals surface area contributed by atoms with Gasteiger partial charge in [-0.1, -0.05) is 13.8 Å². The maximum atomic E-state index is 12.7. The van der Waals surface area contributed by atoms with Gasteiger partial charge in [0.25, 0.3) is 0 Å². The van der Waals surface area contributed by atoms with E-state index in [4.69, 9.17) is 5.73 Å². The van der Waals surface area contributed by atoms with Gasteiger partial charge in [0, 0.05) is 45.6 Å². The van der Waals surface area contributed by atoms with E-state index in [1.807, 2.05) is 32.4 Å². The highest BCUT2D eigenvalue weighted by Crippen LogP contribution is 2.22. The number of imidazole rings is 1. The van der Waals surface area contributed by atoms with Crippen LogP contribution in [0.2, 0.25) is 0 Å². The predicted molar refractivity (Wildman–Crippen MR) is 113 cm³/mol. The van der Waals surface area contributed by atoms with Crippen LogP contribution >= 0.6 is 12.4 Å². The third-order valence-corrected chi connectivity index (χ3v) is 6.67. The number of halogens is 1. The maximum Gasteiger partial charge on any atom is 0.243 e. The maximum absolute atomic E-state index is 12.7. The Bertz CT molecular complexity index is 909. The van der Waals surface area contributed by atoms with Crippen molar-refractivity contribution in [2.75, 3.05) is 19.6 Å². The molecule has 3 N–H and O–H groups in total. The van der Waals surface area contributed by atoms with Crippen molar-refractivity contribution in [3.8, 4) is 0 Å². The first-order valence-electron chi connectivity index (χ1n) is 9.19. The van der Waals surface area contributed by atoms with E-state index in [-0.39, 0.29) is 29.3 Å². The van der Waals surface area contributed by atoms with E-state index in [9.17, 15) is 13.2 Å². The molecule has 28 heavy (non-hydrogen) atoms. The van der Waals surface area contributed by atoms with Crippen LogP contribution < -0.4 is 11.1 Å². The van der Waals surface area contributed by atoms with Gasteiger partial charge >= 0.3 is 0 Å². The van der Waals surface area contributed by atoms with Crippen LogP contribution in [0.4, 0.5) is 0 Å². The number of benzene rings is 1. The molecular formula is C18H30ClN5O3S. The molecule has 2 rings (SSSR count). The molecule has 0 unspecified atom stereocenters. The number of nitrogens with two attached hydrogens (primary N) is 1. The molecule has 0 radical (unpaired) electrons. The number of carbonyl (C=O) groups excluding carboxylic acids is 1. The summed E-state index contributed by atoms with van der Waals surface area (Å²) in [6.45, 7) is 6.71. The first-order valence-corrected chi connectivity index (χ1v) is 10.6. The van der Waals surface area contributed by atoms with Gasteiger partial charge < -0.3 is 15.6 Å². The normalized spacial score (nSPS) is 12.8. The third-order valence-electron chi connectivity index (χ3n) is 4.62. The molecule has 1 aromatic heterocycles. The Labute approximate surface area is 172 Å². The molecular weight excluding hydrogens is 402 g/mol. The van der Waals surface area contributed by atoms with Crippen LogP contribution in [-0.4, -0.2) is 53.9 Å². The van der Waals surface area contributed by atoms with Crippen LogP contribution in [0.15, 0.2) is 23.1 Å². The zero-order valence-electron chi connectivity index (χ0n) is 16.8. The van der Waals surface area contributed by atoms with E-state index >= 15 is 0 Å². The first kappa shape index (κ1) is 24.4. The molecule has 0 saturated carbocycles. The second kappa shape index (κ2) is 10.2. The van der Waals surface area contributed by atoms with Gasteiger partial charge in [-0.05, 0) is 25.1 Å². The Balaban J connectivity index is 0.00000392. The quantitative estimate of drug-likeness (QED) is 0.623. The second-order valence-corrected chi connectivity index (χ2v) is 8.47. The fourth-order valence-corrected chi connectivity index (χ4v) is 4.44. The molecule has 0 aliphatic rings. The van der Waals surface area contributed by atoms with Crippen LogP contribution in [0.3, 0.4) is 0 Å². The van der Waals surface area contributed by atoms with Crippen LogP contribution in [0, 0.1) is 0 Å². The molecule has 0 spiro atoms. The highest BCUT2D eigenvalue weighted by Gasteiger charge is 2.22. The number of nitrogens with one attached hydrogen (secondary N) is 1. The minimum absolute atomic E-state index is 0. The van der Waals surface area contributed by atoms with Gasteiger partial charge in [0.2, 0.25) is 15.9 Å². The summed E-state index contributed by atoms with van der Waals surface area (Å²) in [5.74, 6) is 0.655. The number of hydrogen-bond donors (Lipinski definition) is 2. The van der Waals surface area contributed by atoms with Crippen molar-refractivity contribution >= 4 is 39.4 Å². The standard InChI is InChI=1S/C18H29N5O3S.ClH/c1-5-23(6-2)27(25,26)14-7-8-16-15(11-14)21-17(22(16)4)9-10-18(24)20-13(3)12-19;/h7-8,11,13H,5-6,9-10,12,19H2,1-4H3,(H,20,24);1H/t13-;/m0./s1. The van der Waals surface area contributed by atoms with Gasteiger partial charge in [-0.25, -0.2) is 13.4 Å². The Morgan fingerprint density at radius 3 is 2.54 bits per heavy atom. The summed E-state index contributed by atoms with van der Waals surface area (Å²) in [6.07, 6.45) is 0.762. The lowest BCUT2D eigenvalue weighted by Gasteiger charge is -2.18. The summed E-state index contributed by atoms with van der Waals surface area (Å²) >= 11 is 0. The number of nitrogens with zero attached hydrogens (tertiary/aromatic N) is 3. The summed E-state index contributed by atoms with van der Waals surface area (Å²) < 4.78 is 28.7. The minimum atomic E-state index is -3.53. The lowest BCUT2D eigenvalue weighted by Crippen LogP contribution is -2.37. The van der Waals surface area contributed by atoms with Crippen LogP contribution in [0.25, 0.3) is 11.0 Å². The number of aryl methyl sites for hydroxylation is 2. The lowest BCUT2D eigenvalue weighted by molar-refractivity contribution is -0.121. The van der Waals surface area contributed by atoms with Crippen molar-refractivity contribution in [2.45, 2.75) is 44.6 Å². The number of amides is 1. The molecule has 0 aliphatic heterocycles. The van der Waals surface area contributed by atoms with Crippen molar-refractivity contribution < 1.29 is 13.2 Å². The topological polar surface area (TPSA) is 110 Å². The minimum Gasteiger partial charge on any atom is -0.352 e. The molecule has 0 bridgehead atoms. The molecule has 158 valence electrons. The lowest BCUT2D eigenvalue weighted by atomic mass is 10.2. The van der Waals surface area contributed by atoms with E-state index in [1.165, 1.54) is 4.31 Å². The largest absolute Gasteiger partial charge is 0.352 e. The van der Waals surface area contributed by atoms with Gasteiger partial charge in [-0.3, -0.25) is 4.79 Å². The summed E-state index contributed by atoms with van der Waals surface area (Å²) in [4.78, 5) is 16.7. The first-order chi connectivity index (χ1) is 12.7. The molecule has 1 amide bonds. The average Bonchev–Trinajstić information content (AvgIpc) is 2.96. The van der Waals surface area contributed by atoms with Crippen LogP contribution in [-0.2, 0) is 28.3 Å². The highest BCUT2D eigenvalue weighted by atomic mass is 35.5. The number of aromatic nitrogens is 2. The number of carbonyl (C=O) groups is 1. The van der Waals surface area contributed by atoms with Gasteiger partial charge in [-0.15, -0.1) is 12.4 Å². The van der Waals surface area contributed by atoms with E-state index < -0.39 is 10.0 Å². The van der Waals surface area contributed by atoms with Crippen LogP contribution in [0.1, 0.15) is 33.0 Å². The Morgan fingerprint density at radius 2 is 1.96 bits per heavy atom. The zero-order chi connectivity index (χ0) is 20.2. The van der Waals surface area contributed by atoms with Crippen molar-refractivity contribution in [3.05, 3.63) is 24.0 Å². The molecule has 8 nitrogen and oxygen atoms in total. The third kappa shape index (κ3) is 5.22. The fourth-order valence-electron chi connectivity index (χ4n) is 2.96. The van der Waals surface area contributed by atoms with E-state index in [2.05, 4.69) is 10.3 Å². The van der Waals surface area contributed by atoms with Gasteiger partial charge in [0.05, 0.1) is 15.9 Å².